The van der Waals surface area contributed by atoms with E-state index < -0.39 is 32.9 Å². The van der Waals surface area contributed by atoms with Gasteiger partial charge in [-0.1, -0.05) is 55.9 Å². The van der Waals surface area contributed by atoms with E-state index in [0.29, 0.717) is 5.56 Å². The van der Waals surface area contributed by atoms with Crippen LogP contribution >= 0.6 is 0 Å². The molecule has 2 atom stereocenters. The van der Waals surface area contributed by atoms with Gasteiger partial charge in [0.15, 0.2) is 6.04 Å². The van der Waals surface area contributed by atoms with Gasteiger partial charge in [-0.3, -0.25) is 5.32 Å². The SMILES string of the molecule is C[Si](C)(C)C#C[C@H](N[C@@H](CO)c1ccccc1)C(F)(F)F. The Hall–Kier alpha value is -1.29. The van der Waals surface area contributed by atoms with Crippen LogP contribution < -0.4 is 5.32 Å². The minimum atomic E-state index is -4.48. The molecule has 1 aromatic rings. The first-order chi connectivity index (χ1) is 9.63. The highest BCUT2D eigenvalue weighted by Gasteiger charge is 2.40. The van der Waals surface area contributed by atoms with E-state index in [0.717, 1.165) is 0 Å². The number of halogens is 3. The van der Waals surface area contributed by atoms with Crippen LogP contribution in [0.25, 0.3) is 0 Å². The summed E-state index contributed by atoms with van der Waals surface area (Å²) >= 11 is 0. The molecule has 0 bridgehead atoms. The maximum absolute atomic E-state index is 13.1. The van der Waals surface area contributed by atoms with Crippen LogP contribution in [0.4, 0.5) is 13.2 Å². The zero-order valence-electron chi connectivity index (χ0n) is 12.3. The number of hydrogen-bond acceptors (Lipinski definition) is 2. The van der Waals surface area contributed by atoms with Crippen LogP contribution in [0.3, 0.4) is 0 Å². The third-order valence-electron chi connectivity index (χ3n) is 2.67. The molecule has 2 N–H and O–H groups in total. The Bertz CT molecular complexity index is 500. The summed E-state index contributed by atoms with van der Waals surface area (Å²) in [5, 5.41) is 11.8. The largest absolute Gasteiger partial charge is 0.415 e. The molecule has 0 aliphatic rings. The summed E-state index contributed by atoms with van der Waals surface area (Å²) < 4.78 is 39.2. The van der Waals surface area contributed by atoms with Crippen LogP contribution in [0.5, 0.6) is 0 Å². The van der Waals surface area contributed by atoms with Gasteiger partial charge in [0, 0.05) is 0 Å². The van der Waals surface area contributed by atoms with E-state index in [4.69, 9.17) is 0 Å². The lowest BCUT2D eigenvalue weighted by Gasteiger charge is -2.23. The van der Waals surface area contributed by atoms with E-state index >= 15 is 0 Å². The molecule has 1 rings (SSSR count). The fourth-order valence-electron chi connectivity index (χ4n) is 1.65. The van der Waals surface area contributed by atoms with Gasteiger partial charge in [0.25, 0.3) is 0 Å². The van der Waals surface area contributed by atoms with E-state index in [2.05, 4.69) is 16.8 Å². The lowest BCUT2D eigenvalue weighted by atomic mass is 10.1. The minimum absolute atomic E-state index is 0.425. The fourth-order valence-corrected chi connectivity index (χ4v) is 2.22. The number of aliphatic hydroxyl groups excluding tert-OH is 1. The number of benzene rings is 1. The number of aliphatic hydroxyl groups is 1. The molecule has 21 heavy (non-hydrogen) atoms. The van der Waals surface area contributed by atoms with Crippen LogP contribution in [-0.2, 0) is 0 Å². The quantitative estimate of drug-likeness (QED) is 0.661. The van der Waals surface area contributed by atoms with Crippen molar-refractivity contribution in [2.75, 3.05) is 6.61 Å². The summed E-state index contributed by atoms with van der Waals surface area (Å²) in [6, 6.07) is 5.81. The number of nitrogens with one attached hydrogen (secondary N) is 1. The molecule has 0 aliphatic heterocycles. The molecule has 0 saturated carbocycles. The van der Waals surface area contributed by atoms with Gasteiger partial charge in [-0.15, -0.1) is 5.54 Å². The molecular weight excluding hydrogens is 295 g/mol. The van der Waals surface area contributed by atoms with E-state index in [1.165, 1.54) is 0 Å². The molecule has 0 aliphatic carbocycles. The molecule has 1 aromatic carbocycles. The van der Waals surface area contributed by atoms with Crippen molar-refractivity contribution in [3.8, 4) is 11.5 Å². The molecule has 0 amide bonds. The minimum Gasteiger partial charge on any atom is -0.394 e. The van der Waals surface area contributed by atoms with Gasteiger partial charge >= 0.3 is 6.18 Å². The van der Waals surface area contributed by atoms with Crippen molar-refractivity contribution in [1.29, 1.82) is 0 Å². The molecular formula is C15H20F3NOSi. The number of hydrogen-bond donors (Lipinski definition) is 2. The third kappa shape index (κ3) is 6.34. The molecule has 0 aromatic heterocycles. The summed E-state index contributed by atoms with van der Waals surface area (Å²) in [4.78, 5) is 0. The standard InChI is InChI=1S/C15H20F3NOSi/c1-21(2,3)10-9-14(15(16,17)18)19-13(11-20)12-7-5-4-6-8-12/h4-8,13-14,19-20H,11H2,1-3H3/t13-,14-/m0/s1. The molecule has 0 heterocycles. The van der Waals surface area contributed by atoms with E-state index in [9.17, 15) is 18.3 Å². The second-order valence-corrected chi connectivity index (χ2v) is 10.6. The number of rotatable bonds is 4. The average molecular weight is 315 g/mol. The van der Waals surface area contributed by atoms with Gasteiger partial charge in [-0.05, 0) is 5.56 Å². The Kier molecular flexibility index (Phi) is 6.02. The fraction of sp³-hybridized carbons (Fsp3) is 0.467. The zero-order chi connectivity index (χ0) is 16.1. The van der Waals surface area contributed by atoms with Crippen LogP contribution in [0.1, 0.15) is 11.6 Å². The topological polar surface area (TPSA) is 32.3 Å². The Morgan fingerprint density at radius 3 is 2.19 bits per heavy atom. The lowest BCUT2D eigenvalue weighted by molar-refractivity contribution is -0.144. The molecule has 2 nitrogen and oxygen atoms in total. The smallest absolute Gasteiger partial charge is 0.394 e. The van der Waals surface area contributed by atoms with Crippen LogP contribution in [-0.4, -0.2) is 32.0 Å². The normalized spacial score (nSPS) is 15.0. The monoisotopic (exact) mass is 315 g/mol. The van der Waals surface area contributed by atoms with Gasteiger partial charge in [-0.25, -0.2) is 0 Å². The predicted octanol–water partition coefficient (Wildman–Crippen LogP) is 3.12. The first-order valence-corrected chi connectivity index (χ1v) is 10.1. The van der Waals surface area contributed by atoms with Crippen molar-refractivity contribution in [3.63, 3.8) is 0 Å². The summed E-state index contributed by atoms with van der Waals surface area (Å²) in [6.07, 6.45) is -4.48. The average Bonchev–Trinajstić information content (AvgIpc) is 2.37. The van der Waals surface area contributed by atoms with Crippen LogP contribution in [0.2, 0.25) is 19.6 Å². The van der Waals surface area contributed by atoms with Gasteiger partial charge < -0.3 is 5.11 Å². The highest BCUT2D eigenvalue weighted by molar-refractivity contribution is 6.83. The molecule has 0 spiro atoms. The Balaban J connectivity index is 2.97. The van der Waals surface area contributed by atoms with E-state index in [1.54, 1.807) is 30.3 Å². The van der Waals surface area contributed by atoms with Crippen molar-refractivity contribution in [2.45, 2.75) is 37.9 Å². The third-order valence-corrected chi connectivity index (χ3v) is 3.57. The Labute approximate surface area is 124 Å². The lowest BCUT2D eigenvalue weighted by Crippen LogP contribution is -2.44. The van der Waals surface area contributed by atoms with Crippen LogP contribution in [0.15, 0.2) is 30.3 Å². The maximum atomic E-state index is 13.1. The zero-order valence-corrected chi connectivity index (χ0v) is 13.3. The second-order valence-electron chi connectivity index (χ2n) is 5.81. The first kappa shape index (κ1) is 17.8. The predicted molar refractivity (Wildman–Crippen MR) is 80.4 cm³/mol. The molecule has 0 fully saturated rings. The second kappa shape index (κ2) is 7.12. The summed E-state index contributed by atoms with van der Waals surface area (Å²) in [5.41, 5.74) is 3.34. The maximum Gasteiger partial charge on any atom is 0.415 e. The summed E-state index contributed by atoms with van der Waals surface area (Å²) in [6.45, 7) is 5.22. The molecule has 0 unspecified atom stereocenters. The van der Waals surface area contributed by atoms with E-state index in [-0.39, 0.29) is 0 Å². The Morgan fingerprint density at radius 1 is 1.19 bits per heavy atom. The van der Waals surface area contributed by atoms with Crippen LogP contribution in [0, 0.1) is 11.5 Å². The van der Waals surface area contributed by atoms with Gasteiger partial charge in [-0.2, -0.15) is 13.2 Å². The Morgan fingerprint density at radius 2 is 1.76 bits per heavy atom. The first-order valence-electron chi connectivity index (χ1n) is 6.65. The van der Waals surface area contributed by atoms with Gasteiger partial charge in [0.2, 0.25) is 0 Å². The summed E-state index contributed by atoms with van der Waals surface area (Å²) in [7, 11) is -1.90. The number of alkyl halides is 3. The molecule has 0 radical (unpaired) electrons. The molecule has 6 heteroatoms. The van der Waals surface area contributed by atoms with Crippen molar-refractivity contribution in [2.24, 2.45) is 0 Å². The highest BCUT2D eigenvalue weighted by Crippen LogP contribution is 2.23. The van der Waals surface area contributed by atoms with Crippen molar-refractivity contribution < 1.29 is 18.3 Å². The van der Waals surface area contributed by atoms with E-state index in [1.807, 2.05) is 19.6 Å². The van der Waals surface area contributed by atoms with Gasteiger partial charge in [0.05, 0.1) is 12.6 Å². The van der Waals surface area contributed by atoms with Crippen molar-refractivity contribution in [1.82, 2.24) is 5.32 Å². The highest BCUT2D eigenvalue weighted by atomic mass is 28.3. The van der Waals surface area contributed by atoms with Crippen molar-refractivity contribution >= 4 is 8.07 Å². The van der Waals surface area contributed by atoms with Crippen molar-refractivity contribution in [3.05, 3.63) is 35.9 Å². The molecule has 116 valence electrons. The summed E-state index contributed by atoms with van der Waals surface area (Å²) in [5.74, 6) is 2.30. The van der Waals surface area contributed by atoms with Gasteiger partial charge in [0.1, 0.15) is 8.07 Å². The molecule has 0 saturated heterocycles.